The van der Waals surface area contributed by atoms with Crippen LogP contribution in [0.1, 0.15) is 24.7 Å². The fraction of sp³-hybridized carbons (Fsp3) is 0.261. The summed E-state index contributed by atoms with van der Waals surface area (Å²) in [6.07, 6.45) is 2.26. The molecule has 29 heavy (non-hydrogen) atoms. The molecule has 3 rings (SSSR count). The number of carbonyl (C=O) groups is 1. The third-order valence-corrected chi connectivity index (χ3v) is 4.28. The minimum Gasteiger partial charge on any atom is -0.489 e. The number of nitrogens with two attached hydrogens (primary N) is 1. The molecule has 0 aliphatic carbocycles. The van der Waals surface area contributed by atoms with Gasteiger partial charge in [0, 0.05) is 24.2 Å². The predicted octanol–water partition coefficient (Wildman–Crippen LogP) is 3.55. The lowest BCUT2D eigenvalue weighted by molar-refractivity contribution is -0.143. The molecule has 0 fully saturated rings. The molecule has 1 heterocycles. The predicted molar refractivity (Wildman–Crippen MR) is 111 cm³/mol. The molecule has 1 atom stereocenters. The van der Waals surface area contributed by atoms with Gasteiger partial charge >= 0.3 is 5.97 Å². The van der Waals surface area contributed by atoms with Crippen molar-refractivity contribution < 1.29 is 14.3 Å². The summed E-state index contributed by atoms with van der Waals surface area (Å²) in [5.41, 5.74) is 8.91. The van der Waals surface area contributed by atoms with Gasteiger partial charge in [0.05, 0.1) is 18.7 Å². The van der Waals surface area contributed by atoms with Gasteiger partial charge in [-0.15, -0.1) is 0 Å². The zero-order valence-electron chi connectivity index (χ0n) is 16.5. The van der Waals surface area contributed by atoms with Crippen molar-refractivity contribution in [2.45, 2.75) is 32.4 Å². The topological polar surface area (TPSA) is 87.3 Å². The van der Waals surface area contributed by atoms with Gasteiger partial charge in [-0.3, -0.25) is 4.79 Å². The largest absolute Gasteiger partial charge is 0.489 e. The van der Waals surface area contributed by atoms with Crippen LogP contribution in [0.4, 0.5) is 0 Å². The Kier molecular flexibility index (Phi) is 7.30. The van der Waals surface area contributed by atoms with E-state index in [1.54, 1.807) is 13.1 Å². The zero-order valence-corrected chi connectivity index (χ0v) is 16.5. The first kappa shape index (κ1) is 20.5. The summed E-state index contributed by atoms with van der Waals surface area (Å²) in [7, 11) is 0. The second-order valence-electron chi connectivity index (χ2n) is 6.63. The summed E-state index contributed by atoms with van der Waals surface area (Å²) < 4.78 is 10.8. The lowest BCUT2D eigenvalue weighted by Gasteiger charge is -2.11. The van der Waals surface area contributed by atoms with Crippen LogP contribution in [-0.2, 0) is 22.6 Å². The van der Waals surface area contributed by atoms with Crippen LogP contribution in [0, 0.1) is 0 Å². The van der Waals surface area contributed by atoms with Gasteiger partial charge in [-0.25, -0.2) is 9.97 Å². The molecule has 0 aliphatic rings. The van der Waals surface area contributed by atoms with E-state index < -0.39 is 0 Å². The number of ether oxygens (including phenoxy) is 2. The first-order chi connectivity index (χ1) is 14.1. The number of benzene rings is 2. The average molecular weight is 391 g/mol. The van der Waals surface area contributed by atoms with Crippen molar-refractivity contribution >= 4 is 5.97 Å². The van der Waals surface area contributed by atoms with Gasteiger partial charge in [0.25, 0.3) is 0 Å². The van der Waals surface area contributed by atoms with Gasteiger partial charge in [0.1, 0.15) is 18.2 Å². The number of aromatic nitrogens is 2. The van der Waals surface area contributed by atoms with E-state index in [9.17, 15) is 4.79 Å². The molecule has 1 aromatic heterocycles. The average Bonchev–Trinajstić information content (AvgIpc) is 2.73. The van der Waals surface area contributed by atoms with Crippen LogP contribution >= 0.6 is 0 Å². The van der Waals surface area contributed by atoms with Crippen molar-refractivity contribution in [3.63, 3.8) is 0 Å². The SMILES string of the molecule is CCOC(=O)CC(N)Cc1nccc(-c2ccc(OCc3ccccc3)cc2)n1. The Hall–Kier alpha value is -3.25. The molecule has 1 unspecified atom stereocenters. The second-order valence-corrected chi connectivity index (χ2v) is 6.63. The molecule has 0 saturated heterocycles. The van der Waals surface area contributed by atoms with E-state index in [0.29, 0.717) is 25.5 Å². The molecule has 2 N–H and O–H groups in total. The van der Waals surface area contributed by atoms with Gasteiger partial charge < -0.3 is 15.2 Å². The second kappa shape index (κ2) is 10.3. The smallest absolute Gasteiger partial charge is 0.307 e. The van der Waals surface area contributed by atoms with Crippen molar-refractivity contribution in [1.82, 2.24) is 9.97 Å². The molecule has 0 spiro atoms. The Labute approximate surface area is 170 Å². The van der Waals surface area contributed by atoms with Gasteiger partial charge in [-0.05, 0) is 42.8 Å². The van der Waals surface area contributed by atoms with Gasteiger partial charge in [0.2, 0.25) is 0 Å². The van der Waals surface area contributed by atoms with E-state index >= 15 is 0 Å². The molecule has 3 aromatic rings. The minimum absolute atomic E-state index is 0.148. The molecule has 0 aliphatic heterocycles. The van der Waals surface area contributed by atoms with E-state index in [4.69, 9.17) is 15.2 Å². The summed E-state index contributed by atoms with van der Waals surface area (Å²) in [5, 5.41) is 0. The number of carbonyl (C=O) groups excluding carboxylic acids is 1. The van der Waals surface area contributed by atoms with Crippen LogP contribution in [0.5, 0.6) is 5.75 Å². The van der Waals surface area contributed by atoms with Gasteiger partial charge in [-0.2, -0.15) is 0 Å². The number of nitrogens with zero attached hydrogens (tertiary/aromatic N) is 2. The maximum absolute atomic E-state index is 11.6. The lowest BCUT2D eigenvalue weighted by atomic mass is 10.1. The van der Waals surface area contributed by atoms with E-state index in [1.165, 1.54) is 0 Å². The monoisotopic (exact) mass is 391 g/mol. The van der Waals surface area contributed by atoms with Crippen molar-refractivity contribution in [2.24, 2.45) is 5.73 Å². The highest BCUT2D eigenvalue weighted by atomic mass is 16.5. The van der Waals surface area contributed by atoms with E-state index in [0.717, 1.165) is 22.6 Å². The van der Waals surface area contributed by atoms with E-state index in [1.807, 2.05) is 60.7 Å². The highest BCUT2D eigenvalue weighted by Gasteiger charge is 2.13. The molecule has 0 bridgehead atoms. The quantitative estimate of drug-likeness (QED) is 0.561. The van der Waals surface area contributed by atoms with Crippen LogP contribution in [-0.4, -0.2) is 28.6 Å². The lowest BCUT2D eigenvalue weighted by Crippen LogP contribution is -2.28. The summed E-state index contributed by atoms with van der Waals surface area (Å²) in [6.45, 7) is 2.65. The molecule has 150 valence electrons. The number of hydrogen-bond donors (Lipinski definition) is 1. The molecule has 0 saturated carbocycles. The maximum Gasteiger partial charge on any atom is 0.307 e. The normalized spacial score (nSPS) is 11.7. The van der Waals surface area contributed by atoms with Gasteiger partial charge in [-0.1, -0.05) is 30.3 Å². The van der Waals surface area contributed by atoms with Crippen LogP contribution in [0.3, 0.4) is 0 Å². The minimum atomic E-state index is -0.377. The maximum atomic E-state index is 11.6. The molecule has 6 nitrogen and oxygen atoms in total. The van der Waals surface area contributed by atoms with Crippen LogP contribution in [0.15, 0.2) is 66.9 Å². The fourth-order valence-corrected chi connectivity index (χ4v) is 2.86. The Bertz CT molecular complexity index is 914. The molecule has 0 radical (unpaired) electrons. The Morgan fingerprint density at radius 2 is 1.83 bits per heavy atom. The number of hydrogen-bond acceptors (Lipinski definition) is 6. The molecule has 0 amide bonds. The first-order valence-electron chi connectivity index (χ1n) is 9.64. The number of esters is 1. The third kappa shape index (κ3) is 6.40. The molecule has 6 heteroatoms. The Balaban J connectivity index is 1.60. The van der Waals surface area contributed by atoms with Crippen LogP contribution in [0.2, 0.25) is 0 Å². The molecule has 2 aromatic carbocycles. The Morgan fingerprint density at radius 3 is 2.55 bits per heavy atom. The highest BCUT2D eigenvalue weighted by Crippen LogP contribution is 2.21. The Morgan fingerprint density at radius 1 is 1.07 bits per heavy atom. The molecular formula is C23H25N3O3. The highest BCUT2D eigenvalue weighted by molar-refractivity contribution is 5.70. The van der Waals surface area contributed by atoms with Crippen LogP contribution < -0.4 is 10.5 Å². The van der Waals surface area contributed by atoms with Gasteiger partial charge in [0.15, 0.2) is 0 Å². The summed E-state index contributed by atoms with van der Waals surface area (Å²) in [4.78, 5) is 20.4. The standard InChI is InChI=1S/C23H25N3O3/c1-2-28-23(27)15-19(24)14-22-25-13-12-21(26-22)18-8-10-20(11-9-18)29-16-17-6-4-3-5-7-17/h3-13,19H,2,14-16,24H2,1H3. The van der Waals surface area contributed by atoms with Crippen LogP contribution in [0.25, 0.3) is 11.3 Å². The summed E-state index contributed by atoms with van der Waals surface area (Å²) in [5.74, 6) is 1.09. The van der Waals surface area contributed by atoms with Crippen molar-refractivity contribution in [1.29, 1.82) is 0 Å². The van der Waals surface area contributed by atoms with E-state index in [2.05, 4.69) is 9.97 Å². The van der Waals surface area contributed by atoms with Crippen molar-refractivity contribution in [2.75, 3.05) is 6.61 Å². The summed E-state index contributed by atoms with van der Waals surface area (Å²) >= 11 is 0. The first-order valence-corrected chi connectivity index (χ1v) is 9.64. The summed E-state index contributed by atoms with van der Waals surface area (Å²) in [6, 6.07) is 19.3. The van der Waals surface area contributed by atoms with E-state index in [-0.39, 0.29) is 18.4 Å². The third-order valence-electron chi connectivity index (χ3n) is 4.28. The number of rotatable bonds is 9. The zero-order chi connectivity index (χ0) is 20.5. The van der Waals surface area contributed by atoms with Crippen molar-refractivity contribution in [3.05, 3.63) is 78.2 Å². The van der Waals surface area contributed by atoms with Crippen molar-refractivity contribution in [3.8, 4) is 17.0 Å². The fourth-order valence-electron chi connectivity index (χ4n) is 2.86. The molecular weight excluding hydrogens is 366 g/mol.